The van der Waals surface area contributed by atoms with Crippen molar-refractivity contribution in [1.29, 1.82) is 0 Å². The van der Waals surface area contributed by atoms with Crippen LogP contribution in [-0.2, 0) is 13.1 Å². The molecule has 0 fully saturated rings. The third-order valence-electron chi connectivity index (χ3n) is 5.75. The van der Waals surface area contributed by atoms with Crippen LogP contribution in [0.3, 0.4) is 0 Å². The molecule has 5 nitrogen and oxygen atoms in total. The molecule has 0 saturated carbocycles. The van der Waals surface area contributed by atoms with E-state index in [9.17, 15) is 4.79 Å². The lowest BCUT2D eigenvalue weighted by Gasteiger charge is -2.09. The fourth-order valence-electron chi connectivity index (χ4n) is 3.90. The summed E-state index contributed by atoms with van der Waals surface area (Å²) < 4.78 is 1.90. The zero-order chi connectivity index (χ0) is 23.9. The first-order chi connectivity index (χ1) is 17.3. The van der Waals surface area contributed by atoms with Gasteiger partial charge in [-0.2, -0.15) is 0 Å². The number of rotatable bonds is 8. The van der Waals surface area contributed by atoms with E-state index in [1.807, 2.05) is 114 Å². The molecule has 0 spiro atoms. The van der Waals surface area contributed by atoms with Crippen molar-refractivity contribution in [2.45, 2.75) is 13.1 Å². The predicted molar refractivity (Wildman–Crippen MR) is 140 cm³/mol. The van der Waals surface area contributed by atoms with E-state index in [-0.39, 0.29) is 5.91 Å². The van der Waals surface area contributed by atoms with E-state index in [0.717, 1.165) is 35.6 Å². The Kier molecular flexibility index (Phi) is 6.78. The number of carbonyl (C=O) groups is 1. The number of carbonyl (C=O) groups excluding carboxylic acids is 1. The summed E-state index contributed by atoms with van der Waals surface area (Å²) in [6, 6.07) is 37.8. The number of imidazole rings is 1. The van der Waals surface area contributed by atoms with Crippen LogP contribution < -0.4 is 10.6 Å². The summed E-state index contributed by atoms with van der Waals surface area (Å²) in [5, 5.41) is 6.43. The van der Waals surface area contributed by atoms with Gasteiger partial charge in [0, 0.05) is 36.1 Å². The number of hydrogen-bond acceptors (Lipinski definition) is 3. The minimum Gasteiger partial charge on any atom is -0.309 e. The molecule has 1 aromatic heterocycles. The Bertz CT molecular complexity index is 1380. The normalized spacial score (nSPS) is 10.7. The summed E-state index contributed by atoms with van der Waals surface area (Å²) in [7, 11) is 0. The van der Waals surface area contributed by atoms with Gasteiger partial charge in [-0.15, -0.1) is 0 Å². The first kappa shape index (κ1) is 22.3. The van der Waals surface area contributed by atoms with E-state index in [0.29, 0.717) is 11.5 Å². The number of hydrogen-bond donors (Lipinski definition) is 2. The van der Waals surface area contributed by atoms with Crippen molar-refractivity contribution in [3.05, 3.63) is 138 Å². The van der Waals surface area contributed by atoms with E-state index >= 15 is 0 Å². The molecular formula is C30H26N4O. The van der Waals surface area contributed by atoms with Gasteiger partial charge >= 0.3 is 0 Å². The van der Waals surface area contributed by atoms with Crippen LogP contribution in [0.25, 0.3) is 16.9 Å². The quantitative estimate of drug-likeness (QED) is 0.296. The van der Waals surface area contributed by atoms with Gasteiger partial charge in [0.15, 0.2) is 0 Å². The Morgan fingerprint density at radius 1 is 0.686 bits per heavy atom. The van der Waals surface area contributed by atoms with Crippen molar-refractivity contribution < 1.29 is 4.79 Å². The molecule has 0 aliphatic carbocycles. The zero-order valence-corrected chi connectivity index (χ0v) is 19.3. The molecule has 0 radical (unpaired) electrons. The van der Waals surface area contributed by atoms with E-state index in [1.54, 1.807) is 0 Å². The maximum absolute atomic E-state index is 13.1. The third-order valence-corrected chi connectivity index (χ3v) is 5.75. The summed E-state index contributed by atoms with van der Waals surface area (Å²) in [5.41, 5.74) is 5.66. The summed E-state index contributed by atoms with van der Waals surface area (Å²) in [4.78, 5) is 17.8. The van der Waals surface area contributed by atoms with E-state index < -0.39 is 0 Å². The number of aromatic nitrogens is 2. The molecular weight excluding hydrogens is 432 g/mol. The van der Waals surface area contributed by atoms with Crippen LogP contribution >= 0.6 is 0 Å². The maximum atomic E-state index is 13.1. The number of amides is 1. The van der Waals surface area contributed by atoms with Gasteiger partial charge in [-0.25, -0.2) is 4.98 Å². The standard InChI is InChI=1S/C30H26N4O/c35-29(26-18-16-24(17-19-26)21-31-20-23-10-4-1-5-11-23)33-30-32-28(25-12-6-2-7-13-25)22-34(30)27-14-8-3-9-15-27/h1-19,22,31H,20-21H2,(H,32,33,35). The molecule has 35 heavy (non-hydrogen) atoms. The van der Waals surface area contributed by atoms with Crippen molar-refractivity contribution in [1.82, 2.24) is 14.9 Å². The number of anilines is 1. The summed E-state index contributed by atoms with van der Waals surface area (Å²) >= 11 is 0. The summed E-state index contributed by atoms with van der Waals surface area (Å²) in [6.07, 6.45) is 1.95. The Morgan fingerprint density at radius 2 is 1.26 bits per heavy atom. The lowest BCUT2D eigenvalue weighted by molar-refractivity contribution is 0.102. The van der Waals surface area contributed by atoms with Crippen molar-refractivity contribution in [2.24, 2.45) is 0 Å². The molecule has 5 aromatic rings. The number of nitrogens with zero attached hydrogens (tertiary/aromatic N) is 2. The SMILES string of the molecule is O=C(Nc1nc(-c2ccccc2)cn1-c1ccccc1)c1ccc(CNCc2ccccc2)cc1. The van der Waals surface area contributed by atoms with Crippen LogP contribution in [0.15, 0.2) is 121 Å². The van der Waals surface area contributed by atoms with Crippen molar-refractivity contribution in [2.75, 3.05) is 5.32 Å². The van der Waals surface area contributed by atoms with Gasteiger partial charge in [0.2, 0.25) is 5.95 Å². The van der Waals surface area contributed by atoms with Gasteiger partial charge in [0.25, 0.3) is 5.91 Å². The fourth-order valence-corrected chi connectivity index (χ4v) is 3.90. The molecule has 0 saturated heterocycles. The van der Waals surface area contributed by atoms with Crippen LogP contribution in [0.1, 0.15) is 21.5 Å². The predicted octanol–water partition coefficient (Wildman–Crippen LogP) is 6.08. The zero-order valence-electron chi connectivity index (χ0n) is 19.3. The van der Waals surface area contributed by atoms with Crippen LogP contribution in [0, 0.1) is 0 Å². The van der Waals surface area contributed by atoms with Gasteiger partial charge in [-0.05, 0) is 35.4 Å². The first-order valence-electron chi connectivity index (χ1n) is 11.6. The highest BCUT2D eigenvalue weighted by molar-refractivity contribution is 6.03. The molecule has 1 heterocycles. The molecule has 0 unspecified atom stereocenters. The molecule has 172 valence electrons. The monoisotopic (exact) mass is 458 g/mol. The molecule has 5 rings (SSSR count). The van der Waals surface area contributed by atoms with Gasteiger partial charge in [-0.3, -0.25) is 14.7 Å². The smallest absolute Gasteiger partial charge is 0.257 e. The highest BCUT2D eigenvalue weighted by atomic mass is 16.1. The molecule has 0 aliphatic heterocycles. The minimum absolute atomic E-state index is 0.198. The van der Waals surface area contributed by atoms with Gasteiger partial charge in [0.1, 0.15) is 0 Å². The first-order valence-corrected chi connectivity index (χ1v) is 11.6. The second kappa shape index (κ2) is 10.6. The molecule has 1 amide bonds. The molecule has 0 atom stereocenters. The second-order valence-electron chi connectivity index (χ2n) is 8.26. The van der Waals surface area contributed by atoms with Crippen molar-refractivity contribution >= 4 is 11.9 Å². The van der Waals surface area contributed by atoms with Gasteiger partial charge in [-0.1, -0.05) is 91.0 Å². The highest BCUT2D eigenvalue weighted by Gasteiger charge is 2.15. The summed E-state index contributed by atoms with van der Waals surface area (Å²) in [6.45, 7) is 1.53. The Hall–Kier alpha value is -4.48. The van der Waals surface area contributed by atoms with Crippen molar-refractivity contribution in [3.63, 3.8) is 0 Å². The number of benzene rings is 4. The van der Waals surface area contributed by atoms with Gasteiger partial charge in [0.05, 0.1) is 5.69 Å². The maximum Gasteiger partial charge on any atom is 0.257 e. The Morgan fingerprint density at radius 3 is 1.91 bits per heavy atom. The number of para-hydroxylation sites is 1. The minimum atomic E-state index is -0.198. The lowest BCUT2D eigenvalue weighted by Crippen LogP contribution is -2.16. The number of nitrogens with one attached hydrogen (secondary N) is 2. The molecule has 2 N–H and O–H groups in total. The van der Waals surface area contributed by atoms with Crippen LogP contribution in [0.5, 0.6) is 0 Å². The molecule has 5 heteroatoms. The van der Waals surface area contributed by atoms with Crippen LogP contribution in [-0.4, -0.2) is 15.5 Å². The van der Waals surface area contributed by atoms with E-state index in [4.69, 9.17) is 4.98 Å². The van der Waals surface area contributed by atoms with Crippen LogP contribution in [0.2, 0.25) is 0 Å². The largest absolute Gasteiger partial charge is 0.309 e. The Labute approximate surface area is 205 Å². The Balaban J connectivity index is 1.30. The second-order valence-corrected chi connectivity index (χ2v) is 8.26. The van der Waals surface area contributed by atoms with Gasteiger partial charge < -0.3 is 5.32 Å². The van der Waals surface area contributed by atoms with E-state index in [1.165, 1.54) is 5.56 Å². The summed E-state index contributed by atoms with van der Waals surface area (Å²) in [5.74, 6) is 0.282. The topological polar surface area (TPSA) is 59.0 Å². The van der Waals surface area contributed by atoms with Crippen LogP contribution in [0.4, 0.5) is 5.95 Å². The molecule has 4 aromatic carbocycles. The lowest BCUT2D eigenvalue weighted by atomic mass is 10.1. The fraction of sp³-hybridized carbons (Fsp3) is 0.0667. The average Bonchev–Trinajstić information content (AvgIpc) is 3.34. The average molecular weight is 459 g/mol. The third kappa shape index (κ3) is 5.54. The molecule has 0 bridgehead atoms. The highest BCUT2D eigenvalue weighted by Crippen LogP contribution is 2.24. The van der Waals surface area contributed by atoms with E-state index in [2.05, 4.69) is 22.8 Å². The van der Waals surface area contributed by atoms with Crippen molar-refractivity contribution in [3.8, 4) is 16.9 Å². The molecule has 0 aliphatic rings.